The smallest absolute Gasteiger partial charge is 0.137 e. The molecule has 1 unspecified atom stereocenters. The third kappa shape index (κ3) is 1.96. The molecule has 0 amide bonds. The maximum atomic E-state index is 5.34. The molecule has 4 heterocycles. The molecule has 0 aliphatic carbocycles. The second-order valence-electron chi connectivity index (χ2n) is 5.89. The van der Waals surface area contributed by atoms with E-state index in [1.165, 1.54) is 16.5 Å². The molecule has 1 saturated heterocycles. The van der Waals surface area contributed by atoms with Gasteiger partial charge in [-0.15, -0.1) is 0 Å². The molecular formula is C16H19N3O. The Balaban J connectivity index is 1.69. The lowest BCUT2D eigenvalue weighted by Gasteiger charge is -2.41. The van der Waals surface area contributed by atoms with Gasteiger partial charge in [-0.05, 0) is 23.6 Å². The van der Waals surface area contributed by atoms with Gasteiger partial charge in [0, 0.05) is 36.4 Å². The van der Waals surface area contributed by atoms with Crippen LogP contribution in [0.3, 0.4) is 0 Å². The summed E-state index contributed by atoms with van der Waals surface area (Å²) in [4.78, 5) is 10.2. The van der Waals surface area contributed by atoms with E-state index in [1.807, 2.05) is 12.3 Å². The summed E-state index contributed by atoms with van der Waals surface area (Å²) in [5, 5.41) is 1.22. The first-order chi connectivity index (χ1) is 9.81. The van der Waals surface area contributed by atoms with Crippen LogP contribution in [0.5, 0.6) is 0 Å². The van der Waals surface area contributed by atoms with Crippen LogP contribution in [0.1, 0.15) is 12.5 Å². The molecular weight excluding hydrogens is 250 g/mol. The van der Waals surface area contributed by atoms with Crippen molar-refractivity contribution in [1.82, 2.24) is 14.9 Å². The Labute approximate surface area is 118 Å². The number of ether oxygens (including phenoxy) is 1. The second kappa shape index (κ2) is 4.72. The fraction of sp³-hybridized carbons (Fsp3) is 0.438. The van der Waals surface area contributed by atoms with Gasteiger partial charge >= 0.3 is 0 Å². The molecule has 0 bridgehead atoms. The monoisotopic (exact) mass is 269 g/mol. The van der Waals surface area contributed by atoms with Crippen molar-refractivity contribution in [3.8, 4) is 0 Å². The van der Waals surface area contributed by atoms with E-state index < -0.39 is 0 Å². The van der Waals surface area contributed by atoms with Crippen LogP contribution in [0, 0.1) is 5.92 Å². The molecule has 2 aromatic rings. The Bertz CT molecular complexity index is 657. The molecule has 2 aliphatic rings. The quantitative estimate of drug-likeness (QED) is 0.909. The predicted molar refractivity (Wildman–Crippen MR) is 79.4 cm³/mol. The Kier molecular flexibility index (Phi) is 2.86. The number of aromatic nitrogens is 2. The van der Waals surface area contributed by atoms with Crippen molar-refractivity contribution in [2.75, 3.05) is 26.3 Å². The summed E-state index contributed by atoms with van der Waals surface area (Å²) in [6.07, 6.45) is 6.33. The van der Waals surface area contributed by atoms with E-state index in [9.17, 15) is 0 Å². The number of nitrogens with zero attached hydrogens (tertiary/aromatic N) is 2. The second-order valence-corrected chi connectivity index (χ2v) is 5.89. The minimum atomic E-state index is 0.584. The minimum Gasteiger partial charge on any atom is -0.378 e. The first-order valence-electron chi connectivity index (χ1n) is 7.26. The SMILES string of the molecule is CC1C=C(c2c[nH]c3ncccc23)CN(C2COC2)C1. The summed E-state index contributed by atoms with van der Waals surface area (Å²) in [6.45, 7) is 6.21. The molecule has 1 N–H and O–H groups in total. The first-order valence-corrected chi connectivity index (χ1v) is 7.26. The van der Waals surface area contributed by atoms with E-state index in [-0.39, 0.29) is 0 Å². The van der Waals surface area contributed by atoms with Crippen LogP contribution in [-0.4, -0.2) is 47.2 Å². The van der Waals surface area contributed by atoms with Crippen molar-refractivity contribution in [2.45, 2.75) is 13.0 Å². The van der Waals surface area contributed by atoms with Crippen molar-refractivity contribution < 1.29 is 4.74 Å². The Hall–Kier alpha value is -1.65. The number of H-pyrrole nitrogens is 1. The summed E-state index contributed by atoms with van der Waals surface area (Å²) < 4.78 is 5.34. The number of hydrogen-bond acceptors (Lipinski definition) is 3. The van der Waals surface area contributed by atoms with Crippen LogP contribution in [-0.2, 0) is 4.74 Å². The molecule has 1 fully saturated rings. The van der Waals surface area contributed by atoms with Crippen LogP contribution >= 0.6 is 0 Å². The number of hydrogen-bond donors (Lipinski definition) is 1. The van der Waals surface area contributed by atoms with Gasteiger partial charge in [-0.3, -0.25) is 4.90 Å². The van der Waals surface area contributed by atoms with Gasteiger partial charge in [-0.25, -0.2) is 4.98 Å². The standard InChI is InChI=1S/C16H19N3O/c1-11-5-12(8-19(7-11)13-9-20-10-13)15-6-18-16-14(15)3-2-4-17-16/h2-6,11,13H,7-10H2,1H3,(H,17,18). The third-order valence-electron chi connectivity index (χ3n) is 4.32. The highest BCUT2D eigenvalue weighted by atomic mass is 16.5. The zero-order chi connectivity index (χ0) is 13.5. The van der Waals surface area contributed by atoms with Gasteiger partial charge in [0.1, 0.15) is 5.65 Å². The average molecular weight is 269 g/mol. The fourth-order valence-corrected chi connectivity index (χ4v) is 3.21. The first kappa shape index (κ1) is 12.1. The molecule has 2 aromatic heterocycles. The lowest BCUT2D eigenvalue weighted by atomic mass is 9.94. The molecule has 4 heteroatoms. The Morgan fingerprint density at radius 1 is 1.40 bits per heavy atom. The minimum absolute atomic E-state index is 0.584. The highest BCUT2D eigenvalue weighted by Gasteiger charge is 2.30. The zero-order valence-electron chi connectivity index (χ0n) is 11.7. The summed E-state index contributed by atoms with van der Waals surface area (Å²) in [6, 6.07) is 4.75. The van der Waals surface area contributed by atoms with Crippen LogP contribution < -0.4 is 0 Å². The summed E-state index contributed by atoms with van der Waals surface area (Å²) >= 11 is 0. The van der Waals surface area contributed by atoms with Crippen molar-refractivity contribution in [1.29, 1.82) is 0 Å². The molecule has 0 aromatic carbocycles. The van der Waals surface area contributed by atoms with Gasteiger partial charge in [0.15, 0.2) is 0 Å². The molecule has 0 spiro atoms. The lowest BCUT2D eigenvalue weighted by Crippen LogP contribution is -2.51. The van der Waals surface area contributed by atoms with E-state index in [0.29, 0.717) is 12.0 Å². The van der Waals surface area contributed by atoms with Gasteiger partial charge in [0.05, 0.1) is 19.3 Å². The highest BCUT2D eigenvalue weighted by Crippen LogP contribution is 2.30. The highest BCUT2D eigenvalue weighted by molar-refractivity contribution is 5.91. The molecule has 1 atom stereocenters. The number of rotatable bonds is 2. The summed E-state index contributed by atoms with van der Waals surface area (Å²) in [7, 11) is 0. The van der Waals surface area contributed by atoms with Gasteiger partial charge < -0.3 is 9.72 Å². The largest absolute Gasteiger partial charge is 0.378 e. The number of fused-ring (bicyclic) bond motifs is 1. The number of aromatic amines is 1. The normalized spacial score (nSPS) is 24.6. The van der Waals surface area contributed by atoms with Gasteiger partial charge in [0.25, 0.3) is 0 Å². The van der Waals surface area contributed by atoms with E-state index in [1.54, 1.807) is 0 Å². The van der Waals surface area contributed by atoms with Crippen molar-refractivity contribution in [2.24, 2.45) is 5.92 Å². The molecule has 20 heavy (non-hydrogen) atoms. The van der Waals surface area contributed by atoms with E-state index in [4.69, 9.17) is 4.74 Å². The molecule has 0 radical (unpaired) electrons. The maximum absolute atomic E-state index is 5.34. The van der Waals surface area contributed by atoms with E-state index in [0.717, 1.165) is 32.0 Å². The molecule has 4 nitrogen and oxygen atoms in total. The van der Waals surface area contributed by atoms with Crippen LogP contribution in [0.15, 0.2) is 30.6 Å². The van der Waals surface area contributed by atoms with Crippen LogP contribution in [0.2, 0.25) is 0 Å². The number of nitrogens with one attached hydrogen (secondary N) is 1. The van der Waals surface area contributed by atoms with Gasteiger partial charge in [-0.1, -0.05) is 13.0 Å². The molecule has 104 valence electrons. The topological polar surface area (TPSA) is 41.2 Å². The molecule has 2 aliphatic heterocycles. The third-order valence-corrected chi connectivity index (χ3v) is 4.32. The molecule has 4 rings (SSSR count). The van der Waals surface area contributed by atoms with Gasteiger partial charge in [-0.2, -0.15) is 0 Å². The number of pyridine rings is 1. The summed E-state index contributed by atoms with van der Waals surface area (Å²) in [5.41, 5.74) is 3.68. The average Bonchev–Trinajstić information content (AvgIpc) is 2.79. The van der Waals surface area contributed by atoms with Crippen molar-refractivity contribution >= 4 is 16.6 Å². The lowest BCUT2D eigenvalue weighted by molar-refractivity contribution is -0.0637. The van der Waals surface area contributed by atoms with Crippen molar-refractivity contribution in [3.05, 3.63) is 36.2 Å². The Morgan fingerprint density at radius 2 is 2.30 bits per heavy atom. The Morgan fingerprint density at radius 3 is 3.10 bits per heavy atom. The van der Waals surface area contributed by atoms with Crippen molar-refractivity contribution in [3.63, 3.8) is 0 Å². The van der Waals surface area contributed by atoms with Crippen LogP contribution in [0.25, 0.3) is 16.6 Å². The van der Waals surface area contributed by atoms with Gasteiger partial charge in [0.2, 0.25) is 0 Å². The van der Waals surface area contributed by atoms with E-state index in [2.05, 4.69) is 40.1 Å². The predicted octanol–water partition coefficient (Wildman–Crippen LogP) is 2.30. The van der Waals surface area contributed by atoms with E-state index >= 15 is 0 Å². The zero-order valence-corrected chi connectivity index (χ0v) is 11.7. The summed E-state index contributed by atoms with van der Waals surface area (Å²) in [5.74, 6) is 0.584. The maximum Gasteiger partial charge on any atom is 0.137 e. The fourth-order valence-electron chi connectivity index (χ4n) is 3.21. The van der Waals surface area contributed by atoms with Crippen LogP contribution in [0.4, 0.5) is 0 Å². The molecule has 0 saturated carbocycles.